The van der Waals surface area contributed by atoms with Crippen LogP contribution in [0.4, 0.5) is 5.69 Å². The first-order valence-electron chi connectivity index (χ1n) is 12.9. The molecule has 4 aromatic rings. The average molecular weight is 736 g/mol. The average Bonchev–Trinajstić information content (AvgIpc) is 3.00. The first kappa shape index (κ1) is 31.8. The molecule has 0 spiro atoms. The van der Waals surface area contributed by atoms with Crippen LogP contribution in [0.5, 0.6) is 0 Å². The van der Waals surface area contributed by atoms with Gasteiger partial charge in [-0.2, -0.15) is 0 Å². The highest BCUT2D eigenvalue weighted by molar-refractivity contribution is 14.1. The van der Waals surface area contributed by atoms with Gasteiger partial charge in [0.1, 0.15) is 12.6 Å². The quantitative estimate of drug-likeness (QED) is 0.187. The summed E-state index contributed by atoms with van der Waals surface area (Å²) in [6.07, 6.45) is 0.211. The highest BCUT2D eigenvalue weighted by Crippen LogP contribution is 2.27. The van der Waals surface area contributed by atoms with E-state index in [0.717, 1.165) is 13.4 Å². The Morgan fingerprint density at radius 3 is 2.05 bits per heavy atom. The van der Waals surface area contributed by atoms with Gasteiger partial charge in [-0.15, -0.1) is 0 Å². The third kappa shape index (κ3) is 7.83. The van der Waals surface area contributed by atoms with Crippen LogP contribution in [0.2, 0.25) is 10.0 Å². The zero-order valence-corrected chi connectivity index (χ0v) is 27.1. The van der Waals surface area contributed by atoms with Gasteiger partial charge in [0.25, 0.3) is 10.0 Å². The van der Waals surface area contributed by atoms with E-state index < -0.39 is 28.5 Å². The van der Waals surface area contributed by atoms with Crippen molar-refractivity contribution in [3.8, 4) is 0 Å². The van der Waals surface area contributed by atoms with E-state index in [1.165, 1.54) is 24.1 Å². The lowest BCUT2D eigenvalue weighted by Crippen LogP contribution is -2.53. The van der Waals surface area contributed by atoms with Crippen molar-refractivity contribution >= 4 is 73.3 Å². The number of amides is 2. The molecule has 0 aliphatic rings. The van der Waals surface area contributed by atoms with Crippen LogP contribution < -0.4 is 9.62 Å². The van der Waals surface area contributed by atoms with Gasteiger partial charge in [-0.25, -0.2) is 8.42 Å². The Morgan fingerprint density at radius 1 is 0.833 bits per heavy atom. The van der Waals surface area contributed by atoms with Gasteiger partial charge >= 0.3 is 0 Å². The third-order valence-corrected chi connectivity index (χ3v) is 9.83. The van der Waals surface area contributed by atoms with E-state index in [4.69, 9.17) is 23.2 Å². The Morgan fingerprint density at radius 2 is 1.45 bits per heavy atom. The van der Waals surface area contributed by atoms with Crippen molar-refractivity contribution in [2.24, 2.45) is 0 Å². The Balaban J connectivity index is 1.79. The molecule has 4 aromatic carbocycles. The molecule has 42 heavy (non-hydrogen) atoms. The number of benzene rings is 4. The molecule has 218 valence electrons. The Labute approximate surface area is 269 Å². The summed E-state index contributed by atoms with van der Waals surface area (Å²) in [5.74, 6) is -0.956. The number of anilines is 1. The van der Waals surface area contributed by atoms with Crippen LogP contribution in [-0.2, 0) is 32.6 Å². The molecule has 0 fully saturated rings. The fraction of sp³-hybridized carbons (Fsp3) is 0.161. The van der Waals surface area contributed by atoms with Crippen LogP contribution >= 0.6 is 45.8 Å². The monoisotopic (exact) mass is 735 g/mol. The fourth-order valence-electron chi connectivity index (χ4n) is 4.41. The normalized spacial score (nSPS) is 11.9. The number of carbonyl (C=O) groups is 2. The second-order valence-corrected chi connectivity index (χ2v) is 13.3. The lowest BCUT2D eigenvalue weighted by molar-refractivity contribution is -0.139. The smallest absolute Gasteiger partial charge is 0.264 e. The fourth-order valence-corrected chi connectivity index (χ4v) is 6.53. The zero-order valence-electron chi connectivity index (χ0n) is 22.6. The molecule has 0 unspecified atom stereocenters. The molecule has 0 saturated carbocycles. The minimum atomic E-state index is -4.15. The van der Waals surface area contributed by atoms with Gasteiger partial charge in [0.2, 0.25) is 11.8 Å². The summed E-state index contributed by atoms with van der Waals surface area (Å²) in [6, 6.07) is 28.1. The largest absolute Gasteiger partial charge is 0.357 e. The summed E-state index contributed by atoms with van der Waals surface area (Å²) >= 11 is 14.5. The van der Waals surface area contributed by atoms with E-state index in [1.807, 2.05) is 30.3 Å². The van der Waals surface area contributed by atoms with Crippen molar-refractivity contribution in [1.82, 2.24) is 10.2 Å². The Kier molecular flexibility index (Phi) is 10.9. The molecule has 0 bridgehead atoms. The lowest BCUT2D eigenvalue weighted by atomic mass is 10.0. The molecule has 11 heteroatoms. The summed E-state index contributed by atoms with van der Waals surface area (Å²) in [6.45, 7) is -0.548. The van der Waals surface area contributed by atoms with Crippen LogP contribution in [-0.4, -0.2) is 44.8 Å². The van der Waals surface area contributed by atoms with Crippen molar-refractivity contribution in [3.05, 3.63) is 128 Å². The maximum absolute atomic E-state index is 14.3. The van der Waals surface area contributed by atoms with Gasteiger partial charge in [0, 0.05) is 23.6 Å². The first-order chi connectivity index (χ1) is 20.1. The molecular weight excluding hydrogens is 708 g/mol. The van der Waals surface area contributed by atoms with E-state index in [0.29, 0.717) is 21.3 Å². The summed E-state index contributed by atoms with van der Waals surface area (Å²) in [5.41, 5.74) is 1.79. The van der Waals surface area contributed by atoms with Crippen molar-refractivity contribution < 1.29 is 18.0 Å². The van der Waals surface area contributed by atoms with Gasteiger partial charge in [0.15, 0.2) is 0 Å². The molecule has 4 rings (SSSR count). The van der Waals surface area contributed by atoms with Crippen molar-refractivity contribution in [2.45, 2.75) is 23.9 Å². The highest BCUT2D eigenvalue weighted by atomic mass is 127. The zero-order chi connectivity index (χ0) is 30.3. The molecule has 0 aliphatic heterocycles. The second-order valence-electron chi connectivity index (χ2n) is 9.39. The van der Waals surface area contributed by atoms with Crippen LogP contribution in [0, 0.1) is 3.57 Å². The number of nitrogens with zero attached hydrogens (tertiary/aromatic N) is 2. The molecule has 2 amide bonds. The van der Waals surface area contributed by atoms with E-state index in [9.17, 15) is 18.0 Å². The summed E-state index contributed by atoms with van der Waals surface area (Å²) in [4.78, 5) is 29.0. The number of halogens is 3. The number of rotatable bonds is 11. The van der Waals surface area contributed by atoms with Gasteiger partial charge < -0.3 is 10.2 Å². The van der Waals surface area contributed by atoms with Gasteiger partial charge in [0.05, 0.1) is 20.6 Å². The van der Waals surface area contributed by atoms with Gasteiger partial charge in [-0.3, -0.25) is 13.9 Å². The lowest BCUT2D eigenvalue weighted by Gasteiger charge is -2.33. The van der Waals surface area contributed by atoms with Gasteiger partial charge in [-0.1, -0.05) is 77.8 Å². The molecule has 0 radical (unpaired) electrons. The first-order valence-corrected chi connectivity index (χ1v) is 16.2. The molecule has 0 saturated heterocycles. The SMILES string of the molecule is CNC(=O)[C@@H](Cc1ccccc1)N(Cc1ccc(Cl)c(Cl)c1)C(=O)CN(c1ccc(I)cc1)S(=O)(=O)c1ccccc1. The predicted octanol–water partition coefficient (Wildman–Crippen LogP) is 6.18. The van der Waals surface area contributed by atoms with E-state index >= 15 is 0 Å². The molecule has 7 nitrogen and oxygen atoms in total. The minimum Gasteiger partial charge on any atom is -0.357 e. The third-order valence-electron chi connectivity index (χ3n) is 6.58. The van der Waals surface area contributed by atoms with E-state index in [-0.39, 0.29) is 23.8 Å². The van der Waals surface area contributed by atoms with E-state index in [1.54, 1.807) is 60.7 Å². The molecule has 1 N–H and O–H groups in total. The number of nitrogens with one attached hydrogen (secondary N) is 1. The standard InChI is InChI=1S/C31H28Cl2IN3O4S/c1-35-31(39)29(19-22-8-4-2-5-9-22)36(20-23-12-17-27(32)28(33)18-23)30(38)21-37(25-15-13-24(34)14-16-25)42(40,41)26-10-6-3-7-11-26/h2-18,29H,19-21H2,1H3,(H,35,39)/t29-/m1/s1. The van der Waals surface area contributed by atoms with Gasteiger partial charge in [-0.05, 0) is 82.2 Å². The van der Waals surface area contributed by atoms with Crippen LogP contribution in [0.3, 0.4) is 0 Å². The summed E-state index contributed by atoms with van der Waals surface area (Å²) in [5, 5.41) is 3.31. The maximum Gasteiger partial charge on any atom is 0.264 e. The van der Waals surface area contributed by atoms with Crippen LogP contribution in [0.15, 0.2) is 108 Å². The molecular formula is C31H28Cl2IN3O4S. The Hall–Kier alpha value is -3.12. The van der Waals surface area contributed by atoms with Crippen LogP contribution in [0.1, 0.15) is 11.1 Å². The Bertz CT molecular complexity index is 1640. The molecule has 1 atom stereocenters. The number of hydrogen-bond donors (Lipinski definition) is 1. The second kappa shape index (κ2) is 14.4. The molecule has 0 aromatic heterocycles. The number of sulfonamides is 1. The minimum absolute atomic E-state index is 0.00739. The number of carbonyl (C=O) groups excluding carboxylic acids is 2. The maximum atomic E-state index is 14.3. The van der Waals surface area contributed by atoms with Crippen molar-refractivity contribution in [3.63, 3.8) is 0 Å². The van der Waals surface area contributed by atoms with Crippen LogP contribution in [0.25, 0.3) is 0 Å². The predicted molar refractivity (Wildman–Crippen MR) is 175 cm³/mol. The molecule has 0 heterocycles. The van der Waals surface area contributed by atoms with Crippen molar-refractivity contribution in [1.29, 1.82) is 0 Å². The topological polar surface area (TPSA) is 86.8 Å². The number of likely N-dealkylation sites (N-methyl/N-ethyl adjacent to an activating group) is 1. The highest BCUT2D eigenvalue weighted by Gasteiger charge is 2.34. The summed E-state index contributed by atoms with van der Waals surface area (Å²) in [7, 11) is -2.65. The van der Waals surface area contributed by atoms with Crippen molar-refractivity contribution in [2.75, 3.05) is 17.9 Å². The van der Waals surface area contributed by atoms with E-state index in [2.05, 4.69) is 27.9 Å². The number of hydrogen-bond acceptors (Lipinski definition) is 4. The molecule has 0 aliphatic carbocycles. The summed E-state index contributed by atoms with van der Waals surface area (Å²) < 4.78 is 29.8.